The third kappa shape index (κ3) is 2.54. The fourth-order valence-corrected chi connectivity index (χ4v) is 12.6. The van der Waals surface area contributed by atoms with Gasteiger partial charge in [-0.2, -0.15) is 0 Å². The van der Waals surface area contributed by atoms with E-state index in [1.54, 1.807) is 0 Å². The highest BCUT2D eigenvalue weighted by Crippen LogP contribution is 2.80. The van der Waals surface area contributed by atoms with Crippen molar-refractivity contribution < 1.29 is 9.47 Å². The van der Waals surface area contributed by atoms with E-state index in [0.29, 0.717) is 27.3 Å². The van der Waals surface area contributed by atoms with Crippen LogP contribution in [0.25, 0.3) is 0 Å². The van der Waals surface area contributed by atoms with Crippen molar-refractivity contribution in [2.75, 3.05) is 13.2 Å². The molecule has 0 amide bonds. The van der Waals surface area contributed by atoms with Gasteiger partial charge in [0.05, 0.1) is 13.2 Å². The van der Waals surface area contributed by atoms with E-state index in [1.807, 2.05) is 0 Å². The Balaban J connectivity index is 2.76. The standard InChI is InChI=1S/C21H41O2P/c1-10-19(11-2)16(5)21(22-14-15-23-21)17(6)20(12-3,13-4)24(19)18(7,8)9/h16-17H,10-15H2,1-9H3. The van der Waals surface area contributed by atoms with Gasteiger partial charge in [-0.25, -0.2) is 0 Å². The van der Waals surface area contributed by atoms with Crippen LogP contribution in [0.3, 0.4) is 0 Å². The lowest BCUT2D eigenvalue weighted by Crippen LogP contribution is -2.67. The van der Waals surface area contributed by atoms with Crippen LogP contribution in [0.4, 0.5) is 0 Å². The van der Waals surface area contributed by atoms with Crippen LogP contribution in [-0.4, -0.2) is 34.5 Å². The van der Waals surface area contributed by atoms with E-state index in [0.717, 1.165) is 13.2 Å². The van der Waals surface area contributed by atoms with Crippen LogP contribution in [0, 0.1) is 11.8 Å². The van der Waals surface area contributed by atoms with Gasteiger partial charge in [0, 0.05) is 11.8 Å². The van der Waals surface area contributed by atoms with Gasteiger partial charge in [-0.1, -0.05) is 70.2 Å². The second-order valence-electron chi connectivity index (χ2n) is 8.99. The van der Waals surface area contributed by atoms with Crippen molar-refractivity contribution in [1.29, 1.82) is 0 Å². The van der Waals surface area contributed by atoms with Crippen LogP contribution in [0.1, 0.15) is 88.0 Å². The summed E-state index contributed by atoms with van der Waals surface area (Å²) in [6.07, 6.45) is 4.93. The molecule has 2 aliphatic heterocycles. The molecule has 0 aromatic rings. The topological polar surface area (TPSA) is 18.5 Å². The molecule has 0 aromatic heterocycles. The SMILES string of the molecule is CCC1(CC)C(C)C2(OCCO2)C(C)C(CC)(CC)P1C(C)(C)C. The fourth-order valence-electron chi connectivity index (χ4n) is 6.59. The van der Waals surface area contributed by atoms with Crippen molar-refractivity contribution in [1.82, 2.24) is 0 Å². The molecule has 2 aliphatic rings. The molecule has 2 heterocycles. The molecule has 2 nitrogen and oxygen atoms in total. The molecule has 24 heavy (non-hydrogen) atoms. The van der Waals surface area contributed by atoms with Crippen LogP contribution in [0.5, 0.6) is 0 Å². The first-order valence-corrected chi connectivity index (χ1v) is 11.6. The molecule has 2 rings (SSSR count). The van der Waals surface area contributed by atoms with Crippen LogP contribution in [0.2, 0.25) is 0 Å². The van der Waals surface area contributed by atoms with Gasteiger partial charge in [-0.05, 0) is 41.2 Å². The zero-order valence-electron chi connectivity index (χ0n) is 17.7. The number of hydrogen-bond donors (Lipinski definition) is 0. The van der Waals surface area contributed by atoms with Gasteiger partial charge in [0.1, 0.15) is 0 Å². The Morgan fingerprint density at radius 2 is 1.12 bits per heavy atom. The zero-order chi connectivity index (χ0) is 18.4. The smallest absolute Gasteiger partial charge is 0.175 e. The summed E-state index contributed by atoms with van der Waals surface area (Å²) in [4.78, 5) is 0. The van der Waals surface area contributed by atoms with E-state index < -0.39 is 0 Å². The maximum Gasteiger partial charge on any atom is 0.175 e. The van der Waals surface area contributed by atoms with Crippen molar-refractivity contribution in [3.05, 3.63) is 0 Å². The maximum atomic E-state index is 6.47. The zero-order valence-corrected chi connectivity index (χ0v) is 18.6. The Morgan fingerprint density at radius 3 is 1.38 bits per heavy atom. The van der Waals surface area contributed by atoms with Crippen molar-refractivity contribution >= 4 is 7.92 Å². The summed E-state index contributed by atoms with van der Waals surface area (Å²) in [7, 11) is -0.189. The molecule has 0 aromatic carbocycles. The molecule has 2 atom stereocenters. The van der Waals surface area contributed by atoms with Crippen molar-refractivity contribution in [3.63, 3.8) is 0 Å². The molecule has 1 spiro atoms. The average Bonchev–Trinajstić information content (AvgIpc) is 3.04. The van der Waals surface area contributed by atoms with Crippen molar-refractivity contribution in [2.45, 2.75) is 109 Å². The maximum absolute atomic E-state index is 6.47. The number of ether oxygens (including phenoxy) is 2. The van der Waals surface area contributed by atoms with Gasteiger partial charge in [-0.15, -0.1) is 0 Å². The van der Waals surface area contributed by atoms with E-state index in [4.69, 9.17) is 9.47 Å². The molecule has 0 radical (unpaired) electrons. The minimum Gasteiger partial charge on any atom is -0.347 e. The molecule has 0 bridgehead atoms. The van der Waals surface area contributed by atoms with Crippen LogP contribution in [-0.2, 0) is 9.47 Å². The summed E-state index contributed by atoms with van der Waals surface area (Å²) in [6.45, 7) is 23.5. The number of hydrogen-bond acceptors (Lipinski definition) is 2. The second-order valence-corrected chi connectivity index (χ2v) is 12.8. The second kappa shape index (κ2) is 6.82. The summed E-state index contributed by atoms with van der Waals surface area (Å²) < 4.78 is 12.9. The van der Waals surface area contributed by atoms with E-state index >= 15 is 0 Å². The van der Waals surface area contributed by atoms with Crippen LogP contribution < -0.4 is 0 Å². The summed E-state index contributed by atoms with van der Waals surface area (Å²) in [5.74, 6) is 0.533. The average molecular weight is 357 g/mol. The molecular formula is C21H41O2P. The highest BCUT2D eigenvalue weighted by molar-refractivity contribution is 7.62. The minimum absolute atomic E-state index is 0.189. The lowest BCUT2D eigenvalue weighted by molar-refractivity contribution is -0.245. The van der Waals surface area contributed by atoms with Gasteiger partial charge >= 0.3 is 0 Å². The van der Waals surface area contributed by atoms with Gasteiger partial charge < -0.3 is 9.47 Å². The van der Waals surface area contributed by atoms with E-state index in [-0.39, 0.29) is 13.7 Å². The molecule has 2 fully saturated rings. The van der Waals surface area contributed by atoms with Crippen molar-refractivity contribution in [3.8, 4) is 0 Å². The van der Waals surface area contributed by atoms with Gasteiger partial charge in [0.15, 0.2) is 5.79 Å². The Bertz CT molecular complexity index is 398. The Hall–Kier alpha value is 0.350. The normalized spacial score (nSPS) is 34.6. The van der Waals surface area contributed by atoms with Gasteiger partial charge in [0.25, 0.3) is 0 Å². The minimum atomic E-state index is -0.373. The molecule has 0 aliphatic carbocycles. The highest BCUT2D eigenvalue weighted by atomic mass is 31.1. The van der Waals surface area contributed by atoms with Crippen LogP contribution in [0.15, 0.2) is 0 Å². The summed E-state index contributed by atoms with van der Waals surface area (Å²) in [6, 6.07) is 0. The highest BCUT2D eigenvalue weighted by Gasteiger charge is 2.70. The molecular weight excluding hydrogens is 315 g/mol. The first-order chi connectivity index (χ1) is 11.1. The Morgan fingerprint density at radius 1 is 0.792 bits per heavy atom. The lowest BCUT2D eigenvalue weighted by atomic mass is 9.70. The van der Waals surface area contributed by atoms with Crippen LogP contribution >= 0.6 is 7.92 Å². The van der Waals surface area contributed by atoms with Gasteiger partial charge in [-0.3, -0.25) is 0 Å². The molecule has 0 N–H and O–H groups in total. The largest absolute Gasteiger partial charge is 0.347 e. The molecule has 0 saturated carbocycles. The molecule has 2 saturated heterocycles. The molecule has 3 heteroatoms. The molecule has 2 unspecified atom stereocenters. The molecule has 142 valence electrons. The lowest BCUT2D eigenvalue weighted by Gasteiger charge is -2.69. The van der Waals surface area contributed by atoms with E-state index in [2.05, 4.69) is 62.3 Å². The number of rotatable bonds is 4. The summed E-state index contributed by atoms with van der Waals surface area (Å²) >= 11 is 0. The fraction of sp³-hybridized carbons (Fsp3) is 1.00. The quantitative estimate of drug-likeness (QED) is 0.542. The predicted octanol–water partition coefficient (Wildman–Crippen LogP) is 6.41. The first kappa shape index (κ1) is 20.7. The Labute approximate surface area is 152 Å². The predicted molar refractivity (Wildman–Crippen MR) is 106 cm³/mol. The monoisotopic (exact) mass is 356 g/mol. The van der Waals surface area contributed by atoms with Gasteiger partial charge in [0.2, 0.25) is 0 Å². The third-order valence-corrected chi connectivity index (χ3v) is 12.7. The Kier molecular flexibility index (Phi) is 5.87. The third-order valence-electron chi connectivity index (χ3n) is 7.57. The summed E-state index contributed by atoms with van der Waals surface area (Å²) in [5, 5.41) is 1.00. The summed E-state index contributed by atoms with van der Waals surface area (Å²) in [5.41, 5.74) is 0. The van der Waals surface area contributed by atoms with E-state index in [9.17, 15) is 0 Å². The van der Waals surface area contributed by atoms with Crippen molar-refractivity contribution in [2.24, 2.45) is 11.8 Å². The first-order valence-electron chi connectivity index (χ1n) is 10.2. The van der Waals surface area contributed by atoms with E-state index in [1.165, 1.54) is 25.7 Å².